The van der Waals surface area contributed by atoms with Crippen molar-refractivity contribution in [2.45, 2.75) is 39.8 Å². The minimum absolute atomic E-state index is 0.245. The van der Waals surface area contributed by atoms with Gasteiger partial charge in [0.1, 0.15) is 0 Å². The van der Waals surface area contributed by atoms with Crippen LogP contribution < -0.4 is 5.73 Å². The van der Waals surface area contributed by atoms with E-state index in [1.807, 2.05) is 24.5 Å². The lowest BCUT2D eigenvalue weighted by atomic mass is 9.86. The largest absolute Gasteiger partial charge is 0.329 e. The van der Waals surface area contributed by atoms with Crippen LogP contribution in [-0.2, 0) is 0 Å². The summed E-state index contributed by atoms with van der Waals surface area (Å²) in [5, 5.41) is 0. The second-order valence-corrected chi connectivity index (χ2v) is 5.74. The Morgan fingerprint density at radius 2 is 1.82 bits per heavy atom. The molecule has 3 heteroatoms. The third-order valence-corrected chi connectivity index (χ3v) is 3.67. The van der Waals surface area contributed by atoms with Gasteiger partial charge < -0.3 is 5.73 Å². The molecule has 0 amide bonds. The summed E-state index contributed by atoms with van der Waals surface area (Å²) < 4.78 is 0. The van der Waals surface area contributed by atoms with Crippen LogP contribution in [0, 0.1) is 5.41 Å². The molecule has 0 spiro atoms. The number of likely N-dealkylation sites (N-methyl/N-ethyl adjacent to an activating group) is 1. The van der Waals surface area contributed by atoms with Crippen molar-refractivity contribution in [1.29, 1.82) is 0 Å². The van der Waals surface area contributed by atoms with Crippen molar-refractivity contribution in [2.75, 3.05) is 13.6 Å². The zero-order valence-electron chi connectivity index (χ0n) is 11.6. The van der Waals surface area contributed by atoms with Crippen LogP contribution in [-0.4, -0.2) is 29.5 Å². The van der Waals surface area contributed by atoms with E-state index >= 15 is 0 Å². The maximum absolute atomic E-state index is 5.92. The Morgan fingerprint density at radius 1 is 1.29 bits per heavy atom. The van der Waals surface area contributed by atoms with Crippen LogP contribution in [0.4, 0.5) is 0 Å². The summed E-state index contributed by atoms with van der Waals surface area (Å²) in [5.41, 5.74) is 7.41. The first-order valence-electron chi connectivity index (χ1n) is 6.20. The predicted octanol–water partition coefficient (Wildman–Crippen LogP) is 2.45. The van der Waals surface area contributed by atoms with Gasteiger partial charge in [0, 0.05) is 31.0 Å². The molecule has 0 aliphatic carbocycles. The number of hydrogen-bond acceptors (Lipinski definition) is 3. The van der Waals surface area contributed by atoms with Gasteiger partial charge in [-0.05, 0) is 37.1 Å². The lowest BCUT2D eigenvalue weighted by molar-refractivity contribution is 0.100. The molecule has 96 valence electrons. The molecule has 0 saturated heterocycles. The Hall–Kier alpha value is -0.930. The number of pyridine rings is 1. The smallest absolute Gasteiger partial charge is 0.0471 e. The van der Waals surface area contributed by atoms with Gasteiger partial charge in [0.25, 0.3) is 0 Å². The molecular formula is C14H25N3. The van der Waals surface area contributed by atoms with E-state index < -0.39 is 0 Å². The van der Waals surface area contributed by atoms with E-state index in [-0.39, 0.29) is 11.5 Å². The summed E-state index contributed by atoms with van der Waals surface area (Å²) in [6.07, 6.45) is 3.65. The van der Waals surface area contributed by atoms with Crippen molar-refractivity contribution < 1.29 is 0 Å². The molecule has 2 unspecified atom stereocenters. The molecule has 2 atom stereocenters. The Balaban J connectivity index is 2.89. The van der Waals surface area contributed by atoms with Crippen molar-refractivity contribution in [3.8, 4) is 0 Å². The van der Waals surface area contributed by atoms with Gasteiger partial charge in [0.15, 0.2) is 0 Å². The highest BCUT2D eigenvalue weighted by Gasteiger charge is 2.28. The van der Waals surface area contributed by atoms with Gasteiger partial charge in [-0.1, -0.05) is 20.8 Å². The molecule has 17 heavy (non-hydrogen) atoms. The van der Waals surface area contributed by atoms with Gasteiger partial charge in [-0.3, -0.25) is 9.88 Å². The molecule has 2 N–H and O–H groups in total. The highest BCUT2D eigenvalue weighted by molar-refractivity contribution is 5.16. The fraction of sp³-hybridized carbons (Fsp3) is 0.643. The molecule has 0 fully saturated rings. The Labute approximate surface area is 105 Å². The van der Waals surface area contributed by atoms with E-state index in [0.717, 1.165) is 0 Å². The first-order chi connectivity index (χ1) is 7.88. The Kier molecular flexibility index (Phi) is 4.66. The van der Waals surface area contributed by atoms with Crippen LogP contribution in [0.25, 0.3) is 0 Å². The summed E-state index contributed by atoms with van der Waals surface area (Å²) in [5.74, 6) is 0. The van der Waals surface area contributed by atoms with Crippen molar-refractivity contribution in [1.82, 2.24) is 9.88 Å². The van der Waals surface area contributed by atoms with E-state index in [1.54, 1.807) is 0 Å². The monoisotopic (exact) mass is 235 g/mol. The van der Waals surface area contributed by atoms with Crippen molar-refractivity contribution >= 4 is 0 Å². The van der Waals surface area contributed by atoms with Crippen molar-refractivity contribution in [3.63, 3.8) is 0 Å². The molecule has 0 aliphatic heterocycles. The zero-order valence-corrected chi connectivity index (χ0v) is 11.6. The molecule has 0 aliphatic rings. The molecule has 0 radical (unpaired) electrons. The first-order valence-corrected chi connectivity index (χ1v) is 6.20. The van der Waals surface area contributed by atoms with Gasteiger partial charge in [-0.15, -0.1) is 0 Å². The van der Waals surface area contributed by atoms with Crippen LogP contribution in [0.5, 0.6) is 0 Å². The van der Waals surface area contributed by atoms with Gasteiger partial charge >= 0.3 is 0 Å². The summed E-state index contributed by atoms with van der Waals surface area (Å²) >= 11 is 0. The molecule has 1 aromatic heterocycles. The van der Waals surface area contributed by atoms with Gasteiger partial charge in [0.05, 0.1) is 0 Å². The number of hydrogen-bond donors (Lipinski definition) is 1. The fourth-order valence-electron chi connectivity index (χ4n) is 2.00. The van der Waals surface area contributed by atoms with Crippen LogP contribution in [0.2, 0.25) is 0 Å². The molecular weight excluding hydrogens is 210 g/mol. The third kappa shape index (κ3) is 3.51. The molecule has 3 nitrogen and oxygen atoms in total. The highest BCUT2D eigenvalue weighted by atomic mass is 15.2. The quantitative estimate of drug-likeness (QED) is 0.871. The zero-order chi connectivity index (χ0) is 13.1. The molecule has 0 bridgehead atoms. The Morgan fingerprint density at radius 3 is 2.24 bits per heavy atom. The maximum atomic E-state index is 5.92. The first kappa shape index (κ1) is 14.1. The van der Waals surface area contributed by atoms with Gasteiger partial charge in [-0.2, -0.15) is 0 Å². The SMILES string of the molecule is CC(N(C)C(CN)c1ccncc1)C(C)(C)C. The second-order valence-electron chi connectivity index (χ2n) is 5.74. The van der Waals surface area contributed by atoms with Crippen molar-refractivity contribution in [3.05, 3.63) is 30.1 Å². The van der Waals surface area contributed by atoms with E-state index in [2.05, 4.69) is 44.6 Å². The van der Waals surface area contributed by atoms with Gasteiger partial charge in [0.2, 0.25) is 0 Å². The van der Waals surface area contributed by atoms with E-state index in [4.69, 9.17) is 5.73 Å². The third-order valence-electron chi connectivity index (χ3n) is 3.67. The Bertz CT molecular complexity index is 329. The van der Waals surface area contributed by atoms with Gasteiger partial charge in [-0.25, -0.2) is 0 Å². The summed E-state index contributed by atoms with van der Waals surface area (Å²) in [6, 6.07) is 4.81. The van der Waals surface area contributed by atoms with Crippen LogP contribution in [0.15, 0.2) is 24.5 Å². The van der Waals surface area contributed by atoms with E-state index in [0.29, 0.717) is 12.6 Å². The van der Waals surface area contributed by atoms with E-state index in [9.17, 15) is 0 Å². The minimum Gasteiger partial charge on any atom is -0.329 e. The number of aromatic nitrogens is 1. The topological polar surface area (TPSA) is 42.1 Å². The average Bonchev–Trinajstić information content (AvgIpc) is 2.29. The molecule has 1 aromatic rings. The van der Waals surface area contributed by atoms with Crippen LogP contribution >= 0.6 is 0 Å². The standard InChI is InChI=1S/C14H25N3/c1-11(14(2,3)4)17(5)13(10-15)12-6-8-16-9-7-12/h6-9,11,13H,10,15H2,1-5H3. The maximum Gasteiger partial charge on any atom is 0.0471 e. The number of nitrogens with zero attached hydrogens (tertiary/aromatic N) is 2. The lowest BCUT2D eigenvalue weighted by Crippen LogP contribution is -2.43. The molecule has 0 aromatic carbocycles. The lowest BCUT2D eigenvalue weighted by Gasteiger charge is -2.40. The van der Waals surface area contributed by atoms with Crippen LogP contribution in [0.1, 0.15) is 39.3 Å². The molecule has 1 heterocycles. The van der Waals surface area contributed by atoms with E-state index in [1.165, 1.54) is 5.56 Å². The summed E-state index contributed by atoms with van der Waals surface area (Å²) in [7, 11) is 2.15. The summed E-state index contributed by atoms with van der Waals surface area (Å²) in [6.45, 7) is 9.65. The number of nitrogens with two attached hydrogens (primary N) is 1. The second kappa shape index (κ2) is 5.61. The summed E-state index contributed by atoms with van der Waals surface area (Å²) in [4.78, 5) is 6.41. The molecule has 0 saturated carbocycles. The molecule has 1 rings (SSSR count). The fourth-order valence-corrected chi connectivity index (χ4v) is 2.00. The van der Waals surface area contributed by atoms with Crippen LogP contribution in [0.3, 0.4) is 0 Å². The highest BCUT2D eigenvalue weighted by Crippen LogP contribution is 2.29. The number of rotatable bonds is 4. The normalized spacial score (nSPS) is 15.9. The predicted molar refractivity (Wildman–Crippen MR) is 72.7 cm³/mol. The average molecular weight is 235 g/mol. The van der Waals surface area contributed by atoms with Crippen molar-refractivity contribution in [2.24, 2.45) is 11.1 Å². The minimum atomic E-state index is 0.245.